The molecule has 1 N–H and O–H groups in total. The number of methoxy groups -OCH3 is 1. The van der Waals surface area contributed by atoms with E-state index in [2.05, 4.69) is 61.0 Å². The summed E-state index contributed by atoms with van der Waals surface area (Å²) in [7, 11) is -4.48. The van der Waals surface area contributed by atoms with Gasteiger partial charge >= 0.3 is 6.09 Å². The number of ether oxygens (including phenoxy) is 2. The highest BCUT2D eigenvalue weighted by molar-refractivity contribution is 6.74. The first-order valence-electron chi connectivity index (χ1n) is 16.9. The van der Waals surface area contributed by atoms with Gasteiger partial charge in [-0.1, -0.05) is 32.0 Å². The Hall–Kier alpha value is -2.69. The van der Waals surface area contributed by atoms with Crippen LogP contribution in [0.15, 0.2) is 22.7 Å². The quantitative estimate of drug-likeness (QED) is 0.241. The monoisotopic (exact) mass is 615 g/mol. The van der Waals surface area contributed by atoms with Gasteiger partial charge in [-0.05, 0) is 103 Å². The third-order valence-electron chi connectivity index (χ3n) is 8.89. The summed E-state index contributed by atoms with van der Waals surface area (Å²) in [5.41, 5.74) is 3.74. The van der Waals surface area contributed by atoms with Gasteiger partial charge in [0.1, 0.15) is 17.2 Å². The Morgan fingerprint density at radius 1 is 1.16 bits per heavy atom. The highest BCUT2D eigenvalue weighted by atomic mass is 28.4. The number of nitrogens with one attached hydrogen (secondary N) is 1. The van der Waals surface area contributed by atoms with Crippen molar-refractivity contribution in [3.8, 4) is 11.1 Å². The van der Waals surface area contributed by atoms with Crippen LogP contribution >= 0.6 is 0 Å². The molecule has 0 aliphatic heterocycles. The molecule has 0 saturated heterocycles. The first-order chi connectivity index (χ1) is 21.1. The zero-order valence-electron chi connectivity index (χ0n) is 30.6. The summed E-state index contributed by atoms with van der Waals surface area (Å²) >= 11 is 0. The second kappa shape index (κ2) is 12.7. The lowest BCUT2D eigenvalue weighted by molar-refractivity contribution is 0.0487. The van der Waals surface area contributed by atoms with Gasteiger partial charge in [-0.25, -0.2) is 9.78 Å². The van der Waals surface area contributed by atoms with Crippen LogP contribution in [0.4, 0.5) is 4.79 Å². The van der Waals surface area contributed by atoms with Crippen LogP contribution in [0.25, 0.3) is 22.2 Å². The standard InChI is InChI=1S/C33H52N4O5Si/c1-21-29(22(2)42-36-21)23-12-17-28-27(20-23)34-30(37(28)24-13-15-25(39-9)16-14-24)26(35-31(38)41-32(3,4)5)18-19-40-43(10,11)33(6,7)8/h12,17,20,24-26H,13-16,18-19H2,1-11H3,(H,35,38)/t24?,25?,26-/m0/s1/i9D3. The number of fused-ring (bicyclic) bond motifs is 1. The number of benzene rings is 1. The summed E-state index contributed by atoms with van der Waals surface area (Å²) in [6.07, 6.45) is 2.30. The predicted molar refractivity (Wildman–Crippen MR) is 173 cm³/mol. The molecule has 4 rings (SSSR count). The third kappa shape index (κ3) is 7.70. The van der Waals surface area contributed by atoms with Crippen molar-refractivity contribution in [3.05, 3.63) is 35.5 Å². The second-order valence-corrected chi connectivity index (χ2v) is 19.2. The zero-order chi connectivity index (χ0) is 34.2. The van der Waals surface area contributed by atoms with E-state index in [4.69, 9.17) is 27.5 Å². The van der Waals surface area contributed by atoms with Crippen molar-refractivity contribution in [2.75, 3.05) is 13.6 Å². The van der Waals surface area contributed by atoms with Gasteiger partial charge < -0.3 is 28.3 Å². The predicted octanol–water partition coefficient (Wildman–Crippen LogP) is 8.42. The molecule has 1 aliphatic carbocycles. The van der Waals surface area contributed by atoms with Gasteiger partial charge in [0.05, 0.1) is 33.0 Å². The maximum atomic E-state index is 13.2. The summed E-state index contributed by atoms with van der Waals surface area (Å²) in [5.74, 6) is 1.45. The summed E-state index contributed by atoms with van der Waals surface area (Å²) in [6, 6.07) is 5.70. The average molecular weight is 616 g/mol. The Morgan fingerprint density at radius 3 is 2.44 bits per heavy atom. The number of amides is 1. The number of rotatable bonds is 9. The molecule has 238 valence electrons. The van der Waals surface area contributed by atoms with E-state index in [-0.39, 0.29) is 17.2 Å². The van der Waals surface area contributed by atoms with Crippen molar-refractivity contribution in [2.45, 2.75) is 129 Å². The second-order valence-electron chi connectivity index (χ2n) is 14.4. The van der Waals surface area contributed by atoms with Gasteiger partial charge in [0, 0.05) is 25.3 Å². The van der Waals surface area contributed by atoms with Gasteiger partial charge in [0.2, 0.25) is 0 Å². The molecule has 43 heavy (non-hydrogen) atoms. The Kier molecular flexibility index (Phi) is 8.60. The fourth-order valence-corrected chi connectivity index (χ4v) is 6.64. The number of imidazole rings is 1. The summed E-state index contributed by atoms with van der Waals surface area (Å²) in [4.78, 5) is 18.4. The molecule has 0 spiro atoms. The SMILES string of the molecule is [2H]C([2H])([2H])OC1CCC(n2c([C@H](CCO[Si](C)(C)C(C)(C)C)NC(=O)OC(C)(C)C)nc3cc(-c4c(C)noc4C)ccc32)CC1. The lowest BCUT2D eigenvalue weighted by atomic mass is 9.92. The minimum absolute atomic E-state index is 0.0330. The molecular weight excluding hydrogens is 560 g/mol. The van der Waals surface area contributed by atoms with Crippen molar-refractivity contribution in [3.63, 3.8) is 0 Å². The van der Waals surface area contributed by atoms with Crippen molar-refractivity contribution in [1.29, 1.82) is 0 Å². The molecule has 9 nitrogen and oxygen atoms in total. The van der Waals surface area contributed by atoms with E-state index >= 15 is 0 Å². The largest absolute Gasteiger partial charge is 0.444 e. The number of carbonyl (C=O) groups is 1. The van der Waals surface area contributed by atoms with Crippen LogP contribution in [-0.4, -0.2) is 54.5 Å². The van der Waals surface area contributed by atoms with Crippen molar-refractivity contribution < 1.29 is 27.3 Å². The van der Waals surface area contributed by atoms with E-state index in [0.717, 1.165) is 39.4 Å². The molecule has 2 aromatic heterocycles. The van der Waals surface area contributed by atoms with Gasteiger partial charge in [-0.15, -0.1) is 0 Å². The van der Waals surface area contributed by atoms with Crippen molar-refractivity contribution >= 4 is 25.4 Å². The maximum Gasteiger partial charge on any atom is 0.408 e. The van der Waals surface area contributed by atoms with Crippen LogP contribution in [0.1, 0.15) is 107 Å². The highest BCUT2D eigenvalue weighted by Gasteiger charge is 2.38. The van der Waals surface area contributed by atoms with Crippen LogP contribution in [-0.2, 0) is 13.9 Å². The molecule has 3 aromatic rings. The van der Waals surface area contributed by atoms with Crippen LogP contribution < -0.4 is 5.32 Å². The summed E-state index contributed by atoms with van der Waals surface area (Å²) < 4.78 is 48.0. The summed E-state index contributed by atoms with van der Waals surface area (Å²) in [6.45, 7) is 20.8. The van der Waals surface area contributed by atoms with E-state index in [1.165, 1.54) is 0 Å². The Labute approximate surface area is 262 Å². The van der Waals surface area contributed by atoms with E-state index in [9.17, 15) is 4.79 Å². The first kappa shape index (κ1) is 29.0. The average Bonchev–Trinajstić information content (AvgIpc) is 3.44. The number of aromatic nitrogens is 3. The fourth-order valence-electron chi connectivity index (χ4n) is 5.58. The number of hydrogen-bond donors (Lipinski definition) is 1. The van der Waals surface area contributed by atoms with Crippen molar-refractivity contribution in [1.82, 2.24) is 20.0 Å². The van der Waals surface area contributed by atoms with Crippen LogP contribution in [0.3, 0.4) is 0 Å². The van der Waals surface area contributed by atoms with Crippen LogP contribution in [0.2, 0.25) is 18.1 Å². The maximum absolute atomic E-state index is 13.2. The Balaban J connectivity index is 1.77. The van der Waals surface area contributed by atoms with Gasteiger partial charge in [-0.2, -0.15) is 0 Å². The zero-order valence-corrected chi connectivity index (χ0v) is 28.6. The molecule has 0 bridgehead atoms. The molecule has 1 amide bonds. The first-order valence-corrected chi connectivity index (χ1v) is 18.3. The van der Waals surface area contributed by atoms with Crippen LogP contribution in [0, 0.1) is 13.8 Å². The lowest BCUT2D eigenvalue weighted by Gasteiger charge is -2.36. The van der Waals surface area contributed by atoms with Gasteiger partial charge in [0.25, 0.3) is 0 Å². The number of alkyl carbamates (subject to hydrolysis) is 1. The molecule has 1 aliphatic rings. The molecule has 1 atom stereocenters. The normalized spacial score (nSPS) is 20.4. The lowest BCUT2D eigenvalue weighted by Crippen LogP contribution is -2.42. The number of hydrogen-bond acceptors (Lipinski definition) is 7. The minimum Gasteiger partial charge on any atom is -0.444 e. The van der Waals surface area contributed by atoms with Crippen LogP contribution in [0.5, 0.6) is 0 Å². The van der Waals surface area contributed by atoms with E-state index in [1.807, 2.05) is 40.7 Å². The van der Waals surface area contributed by atoms with E-state index < -0.39 is 33.1 Å². The molecule has 1 aromatic carbocycles. The van der Waals surface area contributed by atoms with Gasteiger partial charge in [0.15, 0.2) is 8.32 Å². The third-order valence-corrected chi connectivity index (χ3v) is 13.4. The summed E-state index contributed by atoms with van der Waals surface area (Å²) in [5, 5.41) is 7.30. The molecule has 1 fully saturated rings. The fraction of sp³-hybridized carbons (Fsp3) is 0.667. The Morgan fingerprint density at radius 2 is 1.86 bits per heavy atom. The van der Waals surface area contributed by atoms with E-state index in [0.29, 0.717) is 38.7 Å². The molecular formula is C33H52N4O5Si. The minimum atomic E-state index is -2.43. The number of nitrogens with zero attached hydrogens (tertiary/aromatic N) is 3. The van der Waals surface area contributed by atoms with E-state index in [1.54, 1.807) is 0 Å². The van der Waals surface area contributed by atoms with Crippen molar-refractivity contribution in [2.24, 2.45) is 0 Å². The smallest absolute Gasteiger partial charge is 0.408 e. The Bertz CT molecular complexity index is 1490. The number of carbonyl (C=O) groups excluding carboxylic acids is 1. The molecule has 10 heteroatoms. The molecule has 0 unspecified atom stereocenters. The molecule has 2 heterocycles. The molecule has 0 radical (unpaired) electrons. The topological polar surface area (TPSA) is 101 Å². The number of aryl methyl sites for hydroxylation is 2. The molecule has 1 saturated carbocycles. The highest BCUT2D eigenvalue weighted by Crippen LogP contribution is 2.39. The van der Waals surface area contributed by atoms with Gasteiger partial charge in [-0.3, -0.25) is 0 Å².